The van der Waals surface area contributed by atoms with Crippen LogP contribution in [-0.4, -0.2) is 42.3 Å². The number of anilines is 1. The lowest BCUT2D eigenvalue weighted by atomic mass is 10.2. The zero-order valence-corrected chi connectivity index (χ0v) is 14.7. The number of fused-ring (bicyclic) bond motifs is 1. The number of nitrogens with zero attached hydrogens (tertiary/aromatic N) is 2. The highest BCUT2D eigenvalue weighted by Gasteiger charge is 2.50. The number of hydrogen-bond donors (Lipinski definition) is 0. The SMILES string of the molecule is CC(C)C(=O)N=C1S[C@H]2CS(=O)(=O)C[C@@H]2N1c1ccc(F)cc1F. The van der Waals surface area contributed by atoms with Crippen LogP contribution < -0.4 is 4.90 Å². The van der Waals surface area contributed by atoms with Crippen LogP contribution in [0.15, 0.2) is 23.2 Å². The van der Waals surface area contributed by atoms with Gasteiger partial charge in [-0.15, -0.1) is 0 Å². The number of sulfone groups is 1. The van der Waals surface area contributed by atoms with E-state index in [1.807, 2.05) is 0 Å². The number of amidine groups is 1. The summed E-state index contributed by atoms with van der Waals surface area (Å²) in [6, 6.07) is 2.56. The van der Waals surface area contributed by atoms with E-state index in [0.29, 0.717) is 0 Å². The lowest BCUT2D eigenvalue weighted by Gasteiger charge is -2.25. The fourth-order valence-corrected chi connectivity index (χ4v) is 6.66. The molecule has 1 aromatic rings. The topological polar surface area (TPSA) is 66.8 Å². The van der Waals surface area contributed by atoms with Gasteiger partial charge in [0.25, 0.3) is 5.91 Å². The third-order valence-corrected chi connectivity index (χ3v) is 7.15. The van der Waals surface area contributed by atoms with Crippen LogP contribution in [0.3, 0.4) is 0 Å². The van der Waals surface area contributed by atoms with E-state index in [1.54, 1.807) is 13.8 Å². The summed E-state index contributed by atoms with van der Waals surface area (Å²) in [5.74, 6) is -2.43. The molecule has 0 bridgehead atoms. The average molecular weight is 374 g/mol. The molecule has 0 radical (unpaired) electrons. The van der Waals surface area contributed by atoms with Gasteiger partial charge in [-0.1, -0.05) is 25.6 Å². The fourth-order valence-electron chi connectivity index (χ4n) is 2.75. The molecule has 24 heavy (non-hydrogen) atoms. The summed E-state index contributed by atoms with van der Waals surface area (Å²) in [5.41, 5.74) is 0.0313. The van der Waals surface area contributed by atoms with Gasteiger partial charge in [0.2, 0.25) is 0 Å². The van der Waals surface area contributed by atoms with Crippen LogP contribution in [0.1, 0.15) is 13.8 Å². The maximum atomic E-state index is 14.2. The Hall–Kier alpha value is -1.48. The zero-order valence-electron chi connectivity index (χ0n) is 13.1. The van der Waals surface area contributed by atoms with E-state index < -0.39 is 27.5 Å². The minimum Gasteiger partial charge on any atom is -0.313 e. The van der Waals surface area contributed by atoms with Crippen LogP contribution >= 0.6 is 11.8 Å². The normalized spacial score (nSPS) is 27.0. The van der Waals surface area contributed by atoms with Crippen molar-refractivity contribution in [3.8, 4) is 0 Å². The van der Waals surface area contributed by atoms with Crippen LogP contribution in [0.2, 0.25) is 0 Å². The lowest BCUT2D eigenvalue weighted by molar-refractivity contribution is -0.120. The molecule has 2 aliphatic rings. The van der Waals surface area contributed by atoms with Gasteiger partial charge in [-0.2, -0.15) is 4.99 Å². The molecule has 1 amide bonds. The Kier molecular flexibility index (Phi) is 4.41. The van der Waals surface area contributed by atoms with E-state index in [2.05, 4.69) is 4.99 Å². The maximum absolute atomic E-state index is 14.2. The van der Waals surface area contributed by atoms with Crippen LogP contribution in [0.25, 0.3) is 0 Å². The van der Waals surface area contributed by atoms with E-state index in [0.717, 1.165) is 23.9 Å². The number of carbonyl (C=O) groups is 1. The van der Waals surface area contributed by atoms with Crippen molar-refractivity contribution in [1.29, 1.82) is 0 Å². The van der Waals surface area contributed by atoms with Crippen molar-refractivity contribution in [3.63, 3.8) is 0 Å². The molecule has 2 atom stereocenters. The first-order valence-corrected chi connectivity index (χ1v) is 10.1. The van der Waals surface area contributed by atoms with Crippen molar-refractivity contribution >= 4 is 38.4 Å². The first kappa shape index (κ1) is 17.3. The third-order valence-electron chi connectivity index (χ3n) is 3.94. The number of aliphatic imine (C=N–C) groups is 1. The summed E-state index contributed by atoms with van der Waals surface area (Å²) in [7, 11) is -3.23. The van der Waals surface area contributed by atoms with E-state index in [9.17, 15) is 22.0 Å². The molecule has 2 heterocycles. The van der Waals surface area contributed by atoms with Gasteiger partial charge in [-0.25, -0.2) is 17.2 Å². The summed E-state index contributed by atoms with van der Waals surface area (Å²) in [5, 5.41) is -0.0535. The number of rotatable bonds is 2. The smallest absolute Gasteiger partial charge is 0.250 e. The van der Waals surface area contributed by atoms with Gasteiger partial charge in [0.1, 0.15) is 11.6 Å². The Labute approximate surface area is 143 Å². The van der Waals surface area contributed by atoms with Crippen LogP contribution in [-0.2, 0) is 14.6 Å². The quantitative estimate of drug-likeness (QED) is 0.794. The van der Waals surface area contributed by atoms with Crippen molar-refractivity contribution in [3.05, 3.63) is 29.8 Å². The van der Waals surface area contributed by atoms with Gasteiger partial charge in [0.05, 0.1) is 23.2 Å². The van der Waals surface area contributed by atoms with Crippen LogP contribution in [0.5, 0.6) is 0 Å². The second kappa shape index (κ2) is 6.11. The summed E-state index contributed by atoms with van der Waals surface area (Å²) in [6.45, 7) is 3.39. The predicted octanol–water partition coefficient (Wildman–Crippen LogP) is 2.22. The van der Waals surface area contributed by atoms with Gasteiger partial charge in [0, 0.05) is 17.2 Å². The van der Waals surface area contributed by atoms with Gasteiger partial charge in [-0.05, 0) is 12.1 Å². The molecular weight excluding hydrogens is 358 g/mol. The van der Waals surface area contributed by atoms with Crippen LogP contribution in [0.4, 0.5) is 14.5 Å². The van der Waals surface area contributed by atoms with E-state index in [-0.39, 0.29) is 39.4 Å². The molecule has 0 aromatic heterocycles. The third kappa shape index (κ3) is 3.19. The van der Waals surface area contributed by atoms with Gasteiger partial charge >= 0.3 is 0 Å². The number of carbonyl (C=O) groups excluding carboxylic acids is 1. The monoisotopic (exact) mass is 374 g/mol. The van der Waals surface area contributed by atoms with Crippen molar-refractivity contribution < 1.29 is 22.0 Å². The first-order valence-electron chi connectivity index (χ1n) is 7.42. The molecular formula is C15H16F2N2O3S2. The number of hydrogen-bond acceptors (Lipinski definition) is 4. The molecule has 1 aromatic carbocycles. The van der Waals surface area contributed by atoms with E-state index in [1.165, 1.54) is 11.0 Å². The molecule has 2 fully saturated rings. The minimum absolute atomic E-state index is 0.0313. The largest absolute Gasteiger partial charge is 0.313 e. The Balaban J connectivity index is 2.06. The van der Waals surface area contributed by atoms with Crippen molar-refractivity contribution in [1.82, 2.24) is 0 Å². The highest BCUT2D eigenvalue weighted by atomic mass is 32.2. The van der Waals surface area contributed by atoms with Gasteiger partial charge < -0.3 is 4.90 Å². The minimum atomic E-state index is -3.23. The average Bonchev–Trinajstić information content (AvgIpc) is 2.91. The van der Waals surface area contributed by atoms with E-state index >= 15 is 0 Å². The Bertz CT molecular complexity index is 824. The predicted molar refractivity (Wildman–Crippen MR) is 89.9 cm³/mol. The summed E-state index contributed by atoms with van der Waals surface area (Å²) < 4.78 is 51.2. The maximum Gasteiger partial charge on any atom is 0.250 e. The second-order valence-corrected chi connectivity index (χ2v) is 9.51. The molecule has 2 aliphatic heterocycles. The molecule has 3 rings (SSSR count). The number of amides is 1. The molecule has 5 nitrogen and oxygen atoms in total. The highest BCUT2D eigenvalue weighted by molar-refractivity contribution is 8.16. The molecule has 0 aliphatic carbocycles. The van der Waals surface area contributed by atoms with E-state index in [4.69, 9.17) is 0 Å². The molecule has 2 saturated heterocycles. The molecule has 0 N–H and O–H groups in total. The number of thioether (sulfide) groups is 1. The summed E-state index contributed by atoms with van der Waals surface area (Å²) in [4.78, 5) is 17.4. The van der Waals surface area contributed by atoms with Gasteiger partial charge in [0.15, 0.2) is 15.0 Å². The summed E-state index contributed by atoms with van der Waals surface area (Å²) >= 11 is 1.16. The zero-order chi connectivity index (χ0) is 17.6. The standard InChI is InChI=1S/C15H16F2N2O3S2/c1-8(2)14(20)18-15-19(11-4-3-9(16)5-10(11)17)12-6-24(21,22)7-13(12)23-15/h3-5,8,12-13H,6-7H2,1-2H3/t12-,13-/m0/s1. The Morgan fingerprint density at radius 3 is 2.67 bits per heavy atom. The second-order valence-electron chi connectivity index (χ2n) is 6.15. The Morgan fingerprint density at radius 1 is 1.33 bits per heavy atom. The molecule has 0 saturated carbocycles. The lowest BCUT2D eigenvalue weighted by Crippen LogP contribution is -2.38. The van der Waals surface area contributed by atoms with Crippen molar-refractivity contribution in [2.45, 2.75) is 25.1 Å². The highest BCUT2D eigenvalue weighted by Crippen LogP contribution is 2.41. The number of halogens is 2. The fraction of sp³-hybridized carbons (Fsp3) is 0.467. The number of benzene rings is 1. The Morgan fingerprint density at radius 2 is 2.04 bits per heavy atom. The van der Waals surface area contributed by atoms with Crippen LogP contribution in [0, 0.1) is 17.6 Å². The molecule has 0 unspecified atom stereocenters. The van der Waals surface area contributed by atoms with Crippen molar-refractivity contribution in [2.24, 2.45) is 10.9 Å². The van der Waals surface area contributed by atoms with Gasteiger partial charge in [-0.3, -0.25) is 4.79 Å². The molecule has 9 heteroatoms. The summed E-state index contributed by atoms with van der Waals surface area (Å²) in [6.07, 6.45) is 0. The first-order chi connectivity index (χ1) is 11.2. The molecule has 130 valence electrons. The molecule has 0 spiro atoms. The van der Waals surface area contributed by atoms with Crippen molar-refractivity contribution in [2.75, 3.05) is 16.4 Å².